The molecule has 8 saturated carbocycles. The second-order valence-corrected chi connectivity index (χ2v) is 16.4. The van der Waals surface area contributed by atoms with Crippen LogP contribution in [0.5, 0.6) is 0 Å². The van der Waals surface area contributed by atoms with E-state index in [1.165, 1.54) is 128 Å². The number of rotatable bonds is 6. The molecular formula is C36H62N2. The molecule has 8 fully saturated rings. The summed E-state index contributed by atoms with van der Waals surface area (Å²) < 4.78 is 0. The third-order valence-electron chi connectivity index (χ3n) is 14.8. The van der Waals surface area contributed by atoms with Gasteiger partial charge in [0.05, 0.1) is 0 Å². The van der Waals surface area contributed by atoms with Gasteiger partial charge >= 0.3 is 0 Å². The molecule has 4 N–H and O–H groups in total. The first kappa shape index (κ1) is 26.8. The van der Waals surface area contributed by atoms with Crippen LogP contribution < -0.4 is 11.5 Å². The SMILES string of the molecule is NC(C1CCCCC1)C1C2CC3CC(C2)C(C2CCC(C(N)(C4CCCCC4)C4CCCCC4)CC2)C1C3. The first-order chi connectivity index (χ1) is 18.6. The second-order valence-electron chi connectivity index (χ2n) is 16.4. The molecule has 8 aliphatic carbocycles. The van der Waals surface area contributed by atoms with Crippen molar-refractivity contribution < 1.29 is 0 Å². The molecule has 0 heterocycles. The van der Waals surface area contributed by atoms with Gasteiger partial charge in [-0.2, -0.15) is 0 Å². The Morgan fingerprint density at radius 1 is 0.500 bits per heavy atom. The van der Waals surface area contributed by atoms with Crippen molar-refractivity contribution in [3.05, 3.63) is 0 Å². The molecule has 0 aromatic heterocycles. The molecule has 0 amide bonds. The summed E-state index contributed by atoms with van der Waals surface area (Å²) in [4.78, 5) is 0. The highest BCUT2D eigenvalue weighted by Crippen LogP contribution is 2.64. The van der Waals surface area contributed by atoms with Crippen molar-refractivity contribution in [2.24, 2.45) is 76.6 Å². The lowest BCUT2D eigenvalue weighted by Crippen LogP contribution is -2.61. The minimum atomic E-state index is 0.155. The highest BCUT2D eigenvalue weighted by atomic mass is 14.8. The van der Waals surface area contributed by atoms with Crippen molar-refractivity contribution in [2.45, 2.75) is 159 Å². The fraction of sp³-hybridized carbons (Fsp3) is 1.00. The van der Waals surface area contributed by atoms with Gasteiger partial charge in [0.25, 0.3) is 0 Å². The Balaban J connectivity index is 1.06. The molecule has 2 heteroatoms. The van der Waals surface area contributed by atoms with Gasteiger partial charge in [-0.25, -0.2) is 0 Å². The van der Waals surface area contributed by atoms with Crippen LogP contribution in [0.1, 0.15) is 148 Å². The molecule has 0 aliphatic heterocycles. The lowest BCUT2D eigenvalue weighted by Gasteiger charge is -2.63. The zero-order valence-corrected chi connectivity index (χ0v) is 24.8. The van der Waals surface area contributed by atoms with Crippen LogP contribution in [-0.2, 0) is 0 Å². The maximum Gasteiger partial charge on any atom is 0.0240 e. The summed E-state index contributed by atoms with van der Waals surface area (Å²) in [6.07, 6.45) is 33.8. The summed E-state index contributed by atoms with van der Waals surface area (Å²) >= 11 is 0. The molecule has 4 bridgehead atoms. The van der Waals surface area contributed by atoms with E-state index < -0.39 is 0 Å². The van der Waals surface area contributed by atoms with Gasteiger partial charge in [0, 0.05) is 11.6 Å². The standard InChI is InChI=1S/C36H62N2/c37-35(26-10-4-1-5-11-26)34-28-21-24-20-27(23-28)33(32(34)22-24)25-16-18-31(19-17-25)36(38,29-12-6-2-7-13-29)30-14-8-3-9-15-30/h24-35H,1-23,37-38H2. The van der Waals surface area contributed by atoms with Gasteiger partial charge in [-0.1, -0.05) is 57.8 Å². The zero-order valence-electron chi connectivity index (χ0n) is 24.8. The topological polar surface area (TPSA) is 52.0 Å². The minimum absolute atomic E-state index is 0.155. The highest BCUT2D eigenvalue weighted by Gasteiger charge is 2.58. The Morgan fingerprint density at radius 2 is 1.03 bits per heavy atom. The lowest BCUT2D eigenvalue weighted by atomic mass is 9.43. The van der Waals surface area contributed by atoms with Crippen LogP contribution in [0.3, 0.4) is 0 Å². The van der Waals surface area contributed by atoms with E-state index in [0.29, 0.717) is 6.04 Å². The first-order valence-electron chi connectivity index (χ1n) is 18.2. The average molecular weight is 523 g/mol. The molecule has 8 aliphatic rings. The summed E-state index contributed by atoms with van der Waals surface area (Å²) in [5.41, 5.74) is 15.2. The number of hydrogen-bond acceptors (Lipinski definition) is 2. The highest BCUT2D eigenvalue weighted by molar-refractivity contribution is 5.09. The Kier molecular flexibility index (Phi) is 7.97. The minimum Gasteiger partial charge on any atom is -0.327 e. The normalized spacial score (nSPS) is 44.4. The summed E-state index contributed by atoms with van der Waals surface area (Å²) in [6.45, 7) is 0. The molecular weight excluding hydrogens is 460 g/mol. The molecule has 0 aromatic rings. The molecule has 38 heavy (non-hydrogen) atoms. The van der Waals surface area contributed by atoms with Gasteiger partial charge in [0.1, 0.15) is 0 Å². The van der Waals surface area contributed by atoms with E-state index in [-0.39, 0.29) is 5.54 Å². The molecule has 0 saturated heterocycles. The monoisotopic (exact) mass is 522 g/mol. The second kappa shape index (κ2) is 11.3. The van der Waals surface area contributed by atoms with Crippen molar-refractivity contribution >= 4 is 0 Å². The van der Waals surface area contributed by atoms with E-state index in [2.05, 4.69) is 0 Å². The van der Waals surface area contributed by atoms with E-state index in [4.69, 9.17) is 11.5 Å². The molecule has 0 aromatic carbocycles. The third kappa shape index (κ3) is 4.76. The van der Waals surface area contributed by atoms with E-state index in [0.717, 1.165) is 65.1 Å². The van der Waals surface area contributed by atoms with E-state index >= 15 is 0 Å². The van der Waals surface area contributed by atoms with Crippen LogP contribution in [0.15, 0.2) is 0 Å². The van der Waals surface area contributed by atoms with Crippen LogP contribution in [0.25, 0.3) is 0 Å². The summed E-state index contributed by atoms with van der Waals surface area (Å²) in [5.74, 6) is 10.2. The fourth-order valence-electron chi connectivity index (χ4n) is 13.4. The van der Waals surface area contributed by atoms with Crippen LogP contribution in [0, 0.1) is 65.1 Å². The largest absolute Gasteiger partial charge is 0.327 e. The lowest BCUT2D eigenvalue weighted by molar-refractivity contribution is -0.127. The van der Waals surface area contributed by atoms with Gasteiger partial charge in [-0.3, -0.25) is 0 Å². The van der Waals surface area contributed by atoms with Gasteiger partial charge < -0.3 is 11.5 Å². The molecule has 0 radical (unpaired) electrons. The summed E-state index contributed by atoms with van der Waals surface area (Å²) in [7, 11) is 0. The Hall–Kier alpha value is -0.0800. The smallest absolute Gasteiger partial charge is 0.0240 e. The first-order valence-corrected chi connectivity index (χ1v) is 18.2. The quantitative estimate of drug-likeness (QED) is 0.366. The van der Waals surface area contributed by atoms with Crippen LogP contribution in [-0.4, -0.2) is 11.6 Å². The van der Waals surface area contributed by atoms with Gasteiger partial charge in [0.15, 0.2) is 0 Å². The molecule has 216 valence electrons. The fourth-order valence-corrected chi connectivity index (χ4v) is 13.4. The average Bonchev–Trinajstić information content (AvgIpc) is 2.98. The Bertz CT molecular complexity index is 748. The number of nitrogens with two attached hydrogens (primary N) is 2. The van der Waals surface area contributed by atoms with Crippen molar-refractivity contribution in [1.82, 2.24) is 0 Å². The van der Waals surface area contributed by atoms with E-state index in [9.17, 15) is 0 Å². The summed E-state index contributed by atoms with van der Waals surface area (Å²) in [6, 6.07) is 0.512. The van der Waals surface area contributed by atoms with Gasteiger partial charge in [-0.15, -0.1) is 0 Å². The van der Waals surface area contributed by atoms with Crippen molar-refractivity contribution in [3.8, 4) is 0 Å². The molecule has 8 rings (SSSR count). The van der Waals surface area contributed by atoms with Crippen LogP contribution >= 0.6 is 0 Å². The Labute approximate surface area is 235 Å². The predicted octanol–water partition coefficient (Wildman–Crippen LogP) is 8.86. The van der Waals surface area contributed by atoms with Crippen molar-refractivity contribution in [2.75, 3.05) is 0 Å². The predicted molar refractivity (Wildman–Crippen MR) is 159 cm³/mol. The summed E-state index contributed by atoms with van der Waals surface area (Å²) in [5, 5.41) is 0. The van der Waals surface area contributed by atoms with Gasteiger partial charge in [0.2, 0.25) is 0 Å². The maximum atomic E-state index is 7.79. The Morgan fingerprint density at radius 3 is 1.63 bits per heavy atom. The van der Waals surface area contributed by atoms with Crippen molar-refractivity contribution in [3.63, 3.8) is 0 Å². The molecule has 7 atom stereocenters. The molecule has 0 spiro atoms. The van der Waals surface area contributed by atoms with E-state index in [1.807, 2.05) is 0 Å². The molecule has 2 nitrogen and oxygen atoms in total. The van der Waals surface area contributed by atoms with Crippen molar-refractivity contribution in [1.29, 1.82) is 0 Å². The van der Waals surface area contributed by atoms with Crippen LogP contribution in [0.2, 0.25) is 0 Å². The van der Waals surface area contributed by atoms with Crippen LogP contribution in [0.4, 0.5) is 0 Å². The maximum absolute atomic E-state index is 7.79. The van der Waals surface area contributed by atoms with Gasteiger partial charge in [-0.05, 0) is 155 Å². The zero-order chi connectivity index (χ0) is 25.7. The van der Waals surface area contributed by atoms with E-state index in [1.54, 1.807) is 19.3 Å². The molecule has 7 unspecified atom stereocenters. The number of hydrogen-bond donors (Lipinski definition) is 2. The third-order valence-corrected chi connectivity index (χ3v) is 14.8.